The lowest BCUT2D eigenvalue weighted by atomic mass is 10.1. The molecule has 3 rings (SSSR count). The van der Waals surface area contributed by atoms with E-state index < -0.39 is 0 Å². The number of rotatable bonds is 5. The second-order valence-electron chi connectivity index (χ2n) is 4.62. The van der Waals surface area contributed by atoms with Crippen molar-refractivity contribution in [1.29, 1.82) is 0 Å². The number of hydrogen-bond acceptors (Lipinski definition) is 4. The minimum Gasteiger partial charge on any atom is -0.307 e. The zero-order valence-corrected chi connectivity index (χ0v) is 12.9. The van der Waals surface area contributed by atoms with E-state index in [1.807, 2.05) is 24.5 Å². The van der Waals surface area contributed by atoms with E-state index >= 15 is 0 Å². The minimum atomic E-state index is 0.893. The van der Waals surface area contributed by atoms with Gasteiger partial charge in [0.25, 0.3) is 0 Å². The van der Waals surface area contributed by atoms with Crippen molar-refractivity contribution in [3.63, 3.8) is 0 Å². The molecule has 0 radical (unpaired) electrons. The van der Waals surface area contributed by atoms with Gasteiger partial charge >= 0.3 is 0 Å². The quantitative estimate of drug-likeness (QED) is 0.752. The number of nitrogens with one attached hydrogen (secondary N) is 1. The summed E-state index contributed by atoms with van der Waals surface area (Å²) in [4.78, 5) is 6.93. The van der Waals surface area contributed by atoms with E-state index in [1.54, 1.807) is 11.3 Å². The fourth-order valence-electron chi connectivity index (χ4n) is 2.05. The molecule has 1 N–H and O–H groups in total. The summed E-state index contributed by atoms with van der Waals surface area (Å²) in [5.74, 6) is 0. The SMILES string of the molecule is Cc1ncc(CNCc2cc(-c3ccccc3)cs2)s1. The van der Waals surface area contributed by atoms with Gasteiger partial charge in [0.05, 0.1) is 5.01 Å². The van der Waals surface area contributed by atoms with Gasteiger partial charge in [0, 0.05) is 29.0 Å². The van der Waals surface area contributed by atoms with Gasteiger partial charge in [0.15, 0.2) is 0 Å². The fourth-order valence-corrected chi connectivity index (χ4v) is 3.68. The Hall–Kier alpha value is -1.49. The van der Waals surface area contributed by atoms with Crippen LogP contribution in [-0.4, -0.2) is 4.98 Å². The molecular weight excluding hydrogens is 284 g/mol. The second-order valence-corrected chi connectivity index (χ2v) is 6.93. The van der Waals surface area contributed by atoms with E-state index in [0.717, 1.165) is 18.1 Å². The van der Waals surface area contributed by atoms with Crippen LogP contribution in [0, 0.1) is 6.92 Å². The van der Waals surface area contributed by atoms with E-state index in [4.69, 9.17) is 0 Å². The van der Waals surface area contributed by atoms with Gasteiger partial charge in [-0.2, -0.15) is 0 Å². The monoisotopic (exact) mass is 300 g/mol. The molecule has 0 aliphatic rings. The molecule has 102 valence electrons. The Labute approximate surface area is 127 Å². The number of thiophene rings is 1. The number of thiazole rings is 1. The predicted molar refractivity (Wildman–Crippen MR) is 87.1 cm³/mol. The highest BCUT2D eigenvalue weighted by molar-refractivity contribution is 7.11. The Morgan fingerprint density at radius 1 is 1.05 bits per heavy atom. The minimum absolute atomic E-state index is 0.893. The van der Waals surface area contributed by atoms with Gasteiger partial charge in [-0.15, -0.1) is 22.7 Å². The Morgan fingerprint density at radius 2 is 1.85 bits per heavy atom. The molecule has 2 heterocycles. The number of nitrogens with zero attached hydrogens (tertiary/aromatic N) is 1. The summed E-state index contributed by atoms with van der Waals surface area (Å²) < 4.78 is 0. The van der Waals surface area contributed by atoms with Gasteiger partial charge in [-0.25, -0.2) is 4.98 Å². The van der Waals surface area contributed by atoms with Crippen LogP contribution in [0.15, 0.2) is 48.0 Å². The molecule has 0 aliphatic carbocycles. The van der Waals surface area contributed by atoms with Gasteiger partial charge in [0.1, 0.15) is 0 Å². The van der Waals surface area contributed by atoms with Crippen LogP contribution in [0.1, 0.15) is 14.8 Å². The standard InChI is InChI=1S/C16H16N2S2/c1-12-18-10-16(20-12)9-17-8-15-7-14(11-19-15)13-5-3-2-4-6-13/h2-7,10-11,17H,8-9H2,1H3. The molecule has 2 nitrogen and oxygen atoms in total. The van der Waals surface area contributed by atoms with Gasteiger partial charge in [-0.3, -0.25) is 0 Å². The van der Waals surface area contributed by atoms with Crippen LogP contribution in [0.5, 0.6) is 0 Å². The third kappa shape index (κ3) is 3.33. The number of benzene rings is 1. The molecule has 0 aliphatic heterocycles. The highest BCUT2D eigenvalue weighted by atomic mass is 32.1. The number of aryl methyl sites for hydroxylation is 1. The normalized spacial score (nSPS) is 10.8. The number of hydrogen-bond donors (Lipinski definition) is 1. The zero-order valence-electron chi connectivity index (χ0n) is 11.3. The van der Waals surface area contributed by atoms with Crippen molar-refractivity contribution in [3.05, 3.63) is 62.7 Å². The maximum absolute atomic E-state index is 4.27. The molecule has 0 saturated carbocycles. The molecule has 0 saturated heterocycles. The van der Waals surface area contributed by atoms with Crippen LogP contribution in [-0.2, 0) is 13.1 Å². The third-order valence-corrected chi connectivity index (χ3v) is 4.88. The highest BCUT2D eigenvalue weighted by Gasteiger charge is 2.03. The first-order chi connectivity index (χ1) is 9.81. The molecule has 0 unspecified atom stereocenters. The Morgan fingerprint density at radius 3 is 2.60 bits per heavy atom. The van der Waals surface area contributed by atoms with E-state index in [9.17, 15) is 0 Å². The van der Waals surface area contributed by atoms with Crippen LogP contribution in [0.4, 0.5) is 0 Å². The summed E-state index contributed by atoms with van der Waals surface area (Å²) in [7, 11) is 0. The van der Waals surface area contributed by atoms with E-state index in [1.165, 1.54) is 20.9 Å². The van der Waals surface area contributed by atoms with Gasteiger partial charge in [-0.1, -0.05) is 30.3 Å². The average molecular weight is 300 g/mol. The van der Waals surface area contributed by atoms with Gasteiger partial charge in [0.2, 0.25) is 0 Å². The van der Waals surface area contributed by atoms with E-state index in [0.29, 0.717) is 0 Å². The zero-order chi connectivity index (χ0) is 13.8. The fraction of sp³-hybridized carbons (Fsp3) is 0.188. The lowest BCUT2D eigenvalue weighted by Gasteiger charge is -2.00. The first kappa shape index (κ1) is 13.5. The first-order valence-corrected chi connectivity index (χ1v) is 8.26. The summed E-state index contributed by atoms with van der Waals surface area (Å²) >= 11 is 3.56. The van der Waals surface area contributed by atoms with Gasteiger partial charge < -0.3 is 5.32 Å². The van der Waals surface area contributed by atoms with E-state index in [-0.39, 0.29) is 0 Å². The molecule has 4 heteroatoms. The maximum Gasteiger partial charge on any atom is 0.0897 e. The summed E-state index contributed by atoms with van der Waals surface area (Å²) in [5, 5.41) is 6.83. The van der Waals surface area contributed by atoms with Gasteiger partial charge in [-0.05, 0) is 29.5 Å². The first-order valence-electron chi connectivity index (χ1n) is 6.56. The summed E-state index contributed by atoms with van der Waals surface area (Å²) in [5.41, 5.74) is 2.59. The lowest BCUT2D eigenvalue weighted by Crippen LogP contribution is -2.10. The van der Waals surface area contributed by atoms with Crippen LogP contribution in [0.3, 0.4) is 0 Å². The highest BCUT2D eigenvalue weighted by Crippen LogP contribution is 2.25. The van der Waals surface area contributed by atoms with Crippen molar-refractivity contribution in [2.75, 3.05) is 0 Å². The van der Waals surface area contributed by atoms with Crippen LogP contribution in [0.2, 0.25) is 0 Å². The van der Waals surface area contributed by atoms with Crippen molar-refractivity contribution in [3.8, 4) is 11.1 Å². The molecule has 0 spiro atoms. The van der Waals surface area contributed by atoms with Crippen molar-refractivity contribution < 1.29 is 0 Å². The molecular formula is C16H16N2S2. The predicted octanol–water partition coefficient (Wildman–Crippen LogP) is 4.47. The molecule has 0 amide bonds. The lowest BCUT2D eigenvalue weighted by molar-refractivity contribution is 0.708. The average Bonchev–Trinajstić information content (AvgIpc) is 3.09. The Balaban J connectivity index is 1.58. The third-order valence-electron chi connectivity index (χ3n) is 3.03. The summed E-state index contributed by atoms with van der Waals surface area (Å²) in [6.07, 6.45) is 1.96. The number of aromatic nitrogens is 1. The van der Waals surface area contributed by atoms with Crippen LogP contribution >= 0.6 is 22.7 Å². The molecule has 1 aromatic carbocycles. The molecule has 20 heavy (non-hydrogen) atoms. The van der Waals surface area contributed by atoms with Crippen LogP contribution < -0.4 is 5.32 Å². The largest absolute Gasteiger partial charge is 0.307 e. The Kier molecular flexibility index (Phi) is 4.25. The topological polar surface area (TPSA) is 24.9 Å². The summed E-state index contributed by atoms with van der Waals surface area (Å²) in [6.45, 7) is 3.85. The van der Waals surface area contributed by atoms with Crippen molar-refractivity contribution in [1.82, 2.24) is 10.3 Å². The maximum atomic E-state index is 4.27. The summed E-state index contributed by atoms with van der Waals surface area (Å²) in [6, 6.07) is 12.8. The van der Waals surface area contributed by atoms with Crippen molar-refractivity contribution in [2.24, 2.45) is 0 Å². The van der Waals surface area contributed by atoms with E-state index in [2.05, 4.69) is 52.1 Å². The second kappa shape index (κ2) is 6.31. The molecule has 0 bridgehead atoms. The van der Waals surface area contributed by atoms with Crippen molar-refractivity contribution >= 4 is 22.7 Å². The van der Waals surface area contributed by atoms with Crippen molar-refractivity contribution in [2.45, 2.75) is 20.0 Å². The molecule has 3 aromatic rings. The molecule has 0 fully saturated rings. The molecule has 2 aromatic heterocycles. The smallest absolute Gasteiger partial charge is 0.0897 e. The van der Waals surface area contributed by atoms with Crippen LogP contribution in [0.25, 0.3) is 11.1 Å². The molecule has 0 atom stereocenters. The Bertz CT molecular complexity index is 671.